The van der Waals surface area contributed by atoms with E-state index in [-0.39, 0.29) is 19.0 Å². The van der Waals surface area contributed by atoms with Gasteiger partial charge < -0.3 is 26.4 Å². The van der Waals surface area contributed by atoms with Crippen LogP contribution in [-0.4, -0.2) is 61.8 Å². The first kappa shape index (κ1) is 15.7. The van der Waals surface area contributed by atoms with Crippen molar-refractivity contribution in [2.75, 3.05) is 33.7 Å². The zero-order valence-corrected chi connectivity index (χ0v) is 10.4. The summed E-state index contributed by atoms with van der Waals surface area (Å²) in [6.45, 7) is 1.76. The molecule has 0 rings (SSSR count). The van der Waals surface area contributed by atoms with Gasteiger partial charge in [-0.25, -0.2) is 4.79 Å². The number of carboxylic acid groups (broad SMARTS) is 1. The Labute approximate surface area is 101 Å². The van der Waals surface area contributed by atoms with Crippen LogP contribution >= 0.6 is 0 Å². The highest BCUT2D eigenvalue weighted by Crippen LogP contribution is 1.86. The topological polar surface area (TPSA) is 108 Å². The highest BCUT2D eigenvalue weighted by Gasteiger charge is 2.10. The van der Waals surface area contributed by atoms with Crippen LogP contribution in [0.3, 0.4) is 0 Å². The third kappa shape index (κ3) is 9.58. The van der Waals surface area contributed by atoms with Crippen LogP contribution in [0, 0.1) is 0 Å². The van der Waals surface area contributed by atoms with Crippen molar-refractivity contribution in [3.05, 3.63) is 0 Å². The molecule has 0 aromatic carbocycles. The van der Waals surface area contributed by atoms with Crippen molar-refractivity contribution in [3.63, 3.8) is 0 Å². The minimum atomic E-state index is -1.06. The Morgan fingerprint density at radius 2 is 1.88 bits per heavy atom. The van der Waals surface area contributed by atoms with Gasteiger partial charge in [-0.05, 0) is 33.5 Å². The smallest absolute Gasteiger partial charge is 0.320 e. The number of nitrogens with zero attached hydrogens (tertiary/aromatic N) is 1. The second-order valence-corrected chi connectivity index (χ2v) is 4.07. The molecule has 7 nitrogen and oxygen atoms in total. The molecule has 0 saturated carbocycles. The predicted molar refractivity (Wildman–Crippen MR) is 64.8 cm³/mol. The van der Waals surface area contributed by atoms with Crippen molar-refractivity contribution < 1.29 is 14.7 Å². The maximum Gasteiger partial charge on any atom is 0.320 e. The highest BCUT2D eigenvalue weighted by molar-refractivity contribution is 5.74. The van der Waals surface area contributed by atoms with Gasteiger partial charge in [-0.1, -0.05) is 0 Å². The lowest BCUT2D eigenvalue weighted by atomic mass is 10.2. The van der Waals surface area contributed by atoms with Gasteiger partial charge in [-0.15, -0.1) is 0 Å². The van der Waals surface area contributed by atoms with E-state index in [4.69, 9.17) is 10.8 Å². The van der Waals surface area contributed by atoms with Crippen molar-refractivity contribution in [2.24, 2.45) is 5.73 Å². The van der Waals surface area contributed by atoms with E-state index >= 15 is 0 Å². The molecule has 0 saturated heterocycles. The van der Waals surface area contributed by atoms with Gasteiger partial charge in [-0.3, -0.25) is 4.79 Å². The number of nitrogens with two attached hydrogens (primary N) is 1. The largest absolute Gasteiger partial charge is 0.480 e. The Balaban J connectivity index is 3.44. The van der Waals surface area contributed by atoms with Gasteiger partial charge in [0.15, 0.2) is 0 Å². The van der Waals surface area contributed by atoms with Crippen LogP contribution in [0.1, 0.15) is 12.8 Å². The van der Waals surface area contributed by atoms with Gasteiger partial charge in [0, 0.05) is 13.1 Å². The average molecular weight is 246 g/mol. The summed E-state index contributed by atoms with van der Waals surface area (Å²) in [5.41, 5.74) is 5.28. The second-order valence-electron chi connectivity index (χ2n) is 4.07. The van der Waals surface area contributed by atoms with E-state index in [0.29, 0.717) is 6.54 Å². The van der Waals surface area contributed by atoms with Gasteiger partial charge in [-0.2, -0.15) is 0 Å². The van der Waals surface area contributed by atoms with E-state index in [1.807, 2.05) is 19.0 Å². The number of hydrogen-bond donors (Lipinski definition) is 4. The van der Waals surface area contributed by atoms with E-state index in [1.54, 1.807) is 0 Å². The fourth-order valence-corrected chi connectivity index (χ4v) is 1.12. The number of hydrogen-bond acceptors (Lipinski definition) is 4. The molecule has 0 heterocycles. The molecular formula is C10H22N4O3. The normalized spacial score (nSPS) is 12.2. The summed E-state index contributed by atoms with van der Waals surface area (Å²) in [4.78, 5) is 23.6. The Kier molecular flexibility index (Phi) is 8.08. The van der Waals surface area contributed by atoms with Gasteiger partial charge in [0.1, 0.15) is 6.04 Å². The number of urea groups is 1. The summed E-state index contributed by atoms with van der Waals surface area (Å²) in [6, 6.07) is -1.22. The number of nitrogens with one attached hydrogen (secondary N) is 2. The quantitative estimate of drug-likeness (QED) is 0.413. The predicted octanol–water partition coefficient (Wildman–Crippen LogP) is -0.961. The molecule has 0 radical (unpaired) electrons. The molecule has 0 aliphatic carbocycles. The lowest BCUT2D eigenvalue weighted by molar-refractivity contribution is -0.138. The van der Waals surface area contributed by atoms with Gasteiger partial charge >= 0.3 is 12.0 Å². The summed E-state index contributed by atoms with van der Waals surface area (Å²) in [6.07, 6.45) is 1.09. The zero-order chi connectivity index (χ0) is 13.3. The summed E-state index contributed by atoms with van der Waals surface area (Å²) < 4.78 is 0. The summed E-state index contributed by atoms with van der Waals surface area (Å²) >= 11 is 0. The minimum Gasteiger partial charge on any atom is -0.480 e. The van der Waals surface area contributed by atoms with E-state index < -0.39 is 12.0 Å². The number of amides is 2. The molecule has 1 atom stereocenters. The molecule has 0 bridgehead atoms. The summed E-state index contributed by atoms with van der Waals surface area (Å²) in [5.74, 6) is -1.06. The first-order valence-corrected chi connectivity index (χ1v) is 5.58. The molecule has 0 aliphatic heterocycles. The summed E-state index contributed by atoms with van der Waals surface area (Å²) in [5, 5.41) is 13.7. The third-order valence-electron chi connectivity index (χ3n) is 2.13. The van der Waals surface area contributed by atoms with Crippen LogP contribution in [0.15, 0.2) is 0 Å². The monoisotopic (exact) mass is 246 g/mol. The molecule has 0 aromatic heterocycles. The molecule has 100 valence electrons. The number of carboxylic acids is 1. The van der Waals surface area contributed by atoms with Crippen LogP contribution in [0.4, 0.5) is 4.79 Å². The van der Waals surface area contributed by atoms with Crippen LogP contribution in [-0.2, 0) is 4.79 Å². The second kappa shape index (κ2) is 8.77. The average Bonchev–Trinajstić information content (AvgIpc) is 2.23. The molecule has 0 aliphatic rings. The molecule has 7 heteroatoms. The number of aliphatic carboxylic acids is 1. The molecule has 2 amide bonds. The molecule has 0 unspecified atom stereocenters. The molecule has 17 heavy (non-hydrogen) atoms. The minimum absolute atomic E-state index is 0.223. The fourth-order valence-electron chi connectivity index (χ4n) is 1.12. The maximum absolute atomic E-state index is 11.2. The first-order valence-electron chi connectivity index (χ1n) is 5.58. The van der Waals surface area contributed by atoms with Crippen LogP contribution in [0.5, 0.6) is 0 Å². The first-order chi connectivity index (χ1) is 7.93. The maximum atomic E-state index is 11.2. The van der Waals surface area contributed by atoms with Crippen molar-refractivity contribution in [3.8, 4) is 0 Å². The Morgan fingerprint density at radius 1 is 1.29 bits per heavy atom. The lowest BCUT2D eigenvalue weighted by Gasteiger charge is -2.11. The Bertz CT molecular complexity index is 246. The van der Waals surface area contributed by atoms with E-state index in [0.717, 1.165) is 13.0 Å². The molecule has 0 aromatic rings. The number of carbonyl (C=O) groups is 2. The van der Waals surface area contributed by atoms with Crippen molar-refractivity contribution in [1.82, 2.24) is 15.5 Å². The van der Waals surface area contributed by atoms with Crippen molar-refractivity contribution >= 4 is 12.0 Å². The lowest BCUT2D eigenvalue weighted by Crippen LogP contribution is -2.40. The van der Waals surface area contributed by atoms with Gasteiger partial charge in [0.2, 0.25) is 0 Å². The van der Waals surface area contributed by atoms with E-state index in [2.05, 4.69) is 10.6 Å². The molecular weight excluding hydrogens is 224 g/mol. The molecule has 5 N–H and O–H groups in total. The Hall–Kier alpha value is -1.34. The highest BCUT2D eigenvalue weighted by atomic mass is 16.4. The van der Waals surface area contributed by atoms with Crippen LogP contribution < -0.4 is 16.4 Å². The number of carbonyl (C=O) groups excluding carboxylic acids is 1. The zero-order valence-electron chi connectivity index (χ0n) is 10.4. The Morgan fingerprint density at radius 3 is 2.41 bits per heavy atom. The molecule has 0 fully saturated rings. The summed E-state index contributed by atoms with van der Waals surface area (Å²) in [7, 11) is 3.93. The van der Waals surface area contributed by atoms with Gasteiger partial charge in [0.25, 0.3) is 0 Å². The third-order valence-corrected chi connectivity index (χ3v) is 2.13. The fraction of sp³-hybridized carbons (Fsp3) is 0.800. The SMILES string of the molecule is CN(C)CCCNC(=O)NCC[C@H](N)C(=O)O. The van der Waals surface area contributed by atoms with Crippen LogP contribution in [0.2, 0.25) is 0 Å². The van der Waals surface area contributed by atoms with E-state index in [1.165, 1.54) is 0 Å². The van der Waals surface area contributed by atoms with Crippen LogP contribution in [0.25, 0.3) is 0 Å². The number of rotatable bonds is 8. The van der Waals surface area contributed by atoms with Crippen molar-refractivity contribution in [2.45, 2.75) is 18.9 Å². The standard InChI is InChI=1S/C10H22N4O3/c1-14(2)7-3-5-12-10(17)13-6-4-8(11)9(15)16/h8H,3-7,11H2,1-2H3,(H,15,16)(H2,12,13,17)/t8-/m0/s1. The van der Waals surface area contributed by atoms with E-state index in [9.17, 15) is 9.59 Å². The van der Waals surface area contributed by atoms with Gasteiger partial charge in [0.05, 0.1) is 0 Å². The van der Waals surface area contributed by atoms with Crippen molar-refractivity contribution in [1.29, 1.82) is 0 Å². The molecule has 0 spiro atoms.